The van der Waals surface area contributed by atoms with E-state index in [1.54, 1.807) is 23.9 Å². The van der Waals surface area contributed by atoms with Gasteiger partial charge < -0.3 is 9.84 Å². The lowest BCUT2D eigenvalue weighted by atomic mass is 9.91. The van der Waals surface area contributed by atoms with Gasteiger partial charge in [-0.2, -0.15) is 5.10 Å². The lowest BCUT2D eigenvalue weighted by molar-refractivity contribution is -0.0364. The van der Waals surface area contributed by atoms with Gasteiger partial charge in [0, 0.05) is 26.7 Å². The zero-order valence-electron chi connectivity index (χ0n) is 20.5. The molecule has 1 N–H and O–H groups in total. The molecule has 0 saturated carbocycles. The average Bonchev–Trinajstić information content (AvgIpc) is 3.25. The van der Waals surface area contributed by atoms with Crippen molar-refractivity contribution in [1.82, 2.24) is 24.2 Å². The molecule has 9 heteroatoms. The maximum Gasteiger partial charge on any atom is 0.264 e. The summed E-state index contributed by atoms with van der Waals surface area (Å²) in [5, 5.41) is 15.7. The first-order valence-electron chi connectivity index (χ1n) is 12.1. The largest absolute Gasteiger partial charge is 0.486 e. The van der Waals surface area contributed by atoms with Crippen molar-refractivity contribution in [3.05, 3.63) is 88.4 Å². The summed E-state index contributed by atoms with van der Waals surface area (Å²) in [6.07, 6.45) is 4.02. The number of ether oxygens (including phenoxy) is 1. The monoisotopic (exact) mass is 491 g/mol. The van der Waals surface area contributed by atoms with Crippen LogP contribution in [0.25, 0.3) is 11.0 Å². The minimum Gasteiger partial charge on any atom is -0.486 e. The van der Waals surface area contributed by atoms with Crippen LogP contribution in [0.5, 0.6) is 5.75 Å². The molecule has 0 bridgehead atoms. The molecular weight excluding hydrogens is 461 g/mol. The fraction of sp³-hybridized carbons (Fsp3) is 0.370. The van der Waals surface area contributed by atoms with Gasteiger partial charge in [0.15, 0.2) is 5.65 Å². The first kappa shape index (κ1) is 24.1. The van der Waals surface area contributed by atoms with Crippen molar-refractivity contribution in [3.63, 3.8) is 0 Å². The van der Waals surface area contributed by atoms with Crippen molar-refractivity contribution in [2.24, 2.45) is 7.05 Å². The topological polar surface area (TPSA) is 85.4 Å². The molecule has 2 aromatic heterocycles. The zero-order chi connectivity index (χ0) is 25.3. The van der Waals surface area contributed by atoms with Crippen molar-refractivity contribution in [2.45, 2.75) is 44.6 Å². The number of rotatable bonds is 7. The van der Waals surface area contributed by atoms with E-state index in [4.69, 9.17) is 4.74 Å². The van der Waals surface area contributed by atoms with Crippen LogP contribution in [-0.4, -0.2) is 48.0 Å². The quantitative estimate of drug-likeness (QED) is 0.426. The van der Waals surface area contributed by atoms with Crippen molar-refractivity contribution < 1.29 is 14.2 Å². The van der Waals surface area contributed by atoms with Crippen LogP contribution in [0.4, 0.5) is 4.39 Å². The molecule has 1 aliphatic heterocycles. The predicted molar refractivity (Wildman–Crippen MR) is 134 cm³/mol. The first-order valence-corrected chi connectivity index (χ1v) is 12.1. The standard InChI is InChI=1S/C27H30FN5O3/c1-19(36-23-9-7-22(28)8-10-23)21-5-3-20(4-6-21)16-32-13-11-27(35,12-14-32)17-33-18-29-25-24(26(33)34)15-30-31(25)2/h3-10,15,18-19,35H,11-14,16-17H2,1-2H3. The molecule has 1 unspecified atom stereocenters. The summed E-state index contributed by atoms with van der Waals surface area (Å²) >= 11 is 0. The third-order valence-electron chi connectivity index (χ3n) is 6.95. The number of likely N-dealkylation sites (tertiary alicyclic amines) is 1. The van der Waals surface area contributed by atoms with Crippen LogP contribution in [0.2, 0.25) is 0 Å². The van der Waals surface area contributed by atoms with Gasteiger partial charge in [0.1, 0.15) is 29.4 Å². The van der Waals surface area contributed by atoms with Crippen LogP contribution < -0.4 is 10.3 Å². The molecule has 8 nitrogen and oxygen atoms in total. The van der Waals surface area contributed by atoms with Crippen molar-refractivity contribution in [1.29, 1.82) is 0 Å². The number of aryl methyl sites for hydroxylation is 1. The molecule has 0 amide bonds. The molecule has 4 aromatic rings. The van der Waals surface area contributed by atoms with Crippen LogP contribution in [0.3, 0.4) is 0 Å². The number of hydrogen-bond donors (Lipinski definition) is 1. The Balaban J connectivity index is 1.15. The highest BCUT2D eigenvalue weighted by molar-refractivity contribution is 5.72. The number of fused-ring (bicyclic) bond motifs is 1. The van der Waals surface area contributed by atoms with Crippen LogP contribution in [-0.2, 0) is 20.1 Å². The summed E-state index contributed by atoms with van der Waals surface area (Å²) in [6, 6.07) is 14.3. The Bertz CT molecular complexity index is 1390. The van der Waals surface area contributed by atoms with Crippen LogP contribution in [0.15, 0.2) is 65.8 Å². The highest BCUT2D eigenvalue weighted by Gasteiger charge is 2.33. The fourth-order valence-corrected chi connectivity index (χ4v) is 4.72. The summed E-state index contributed by atoms with van der Waals surface area (Å²) in [5.41, 5.74) is 1.64. The number of benzene rings is 2. The van der Waals surface area contributed by atoms with Gasteiger partial charge in [-0.15, -0.1) is 0 Å². The first-order chi connectivity index (χ1) is 17.3. The average molecular weight is 492 g/mol. The van der Waals surface area contributed by atoms with Gasteiger partial charge >= 0.3 is 0 Å². The Morgan fingerprint density at radius 2 is 1.81 bits per heavy atom. The Labute approximate surface area is 208 Å². The lowest BCUT2D eigenvalue weighted by Crippen LogP contribution is -2.47. The van der Waals surface area contributed by atoms with Gasteiger partial charge in [-0.25, -0.2) is 9.37 Å². The highest BCUT2D eigenvalue weighted by Crippen LogP contribution is 2.26. The van der Waals surface area contributed by atoms with Crippen LogP contribution in [0.1, 0.15) is 37.0 Å². The second kappa shape index (κ2) is 9.83. The van der Waals surface area contributed by atoms with Gasteiger partial charge in [0.25, 0.3) is 5.56 Å². The minimum atomic E-state index is -0.950. The molecule has 1 atom stereocenters. The maximum atomic E-state index is 13.1. The Morgan fingerprint density at radius 1 is 1.11 bits per heavy atom. The smallest absolute Gasteiger partial charge is 0.264 e. The van der Waals surface area contributed by atoms with Crippen molar-refractivity contribution in [3.8, 4) is 5.75 Å². The summed E-state index contributed by atoms with van der Waals surface area (Å²) in [5.74, 6) is 0.347. The van der Waals surface area contributed by atoms with E-state index in [0.29, 0.717) is 29.6 Å². The molecule has 1 saturated heterocycles. The normalized spacial score (nSPS) is 16.8. The van der Waals surface area contributed by atoms with Crippen molar-refractivity contribution in [2.75, 3.05) is 13.1 Å². The van der Waals surface area contributed by atoms with E-state index in [2.05, 4.69) is 39.2 Å². The number of aliphatic hydroxyl groups is 1. The lowest BCUT2D eigenvalue weighted by Gasteiger charge is -2.38. The van der Waals surface area contributed by atoms with Crippen molar-refractivity contribution >= 4 is 11.0 Å². The number of piperidine rings is 1. The van der Waals surface area contributed by atoms with E-state index < -0.39 is 5.60 Å². The molecule has 0 aliphatic carbocycles. The van der Waals surface area contributed by atoms with E-state index in [1.807, 2.05) is 6.92 Å². The fourth-order valence-electron chi connectivity index (χ4n) is 4.72. The second-order valence-corrected chi connectivity index (χ2v) is 9.64. The van der Waals surface area contributed by atoms with Gasteiger partial charge in [-0.3, -0.25) is 18.9 Å². The third-order valence-corrected chi connectivity index (χ3v) is 6.95. The van der Waals surface area contributed by atoms with Gasteiger partial charge in [-0.1, -0.05) is 24.3 Å². The molecule has 188 valence electrons. The predicted octanol–water partition coefficient (Wildman–Crippen LogP) is 3.44. The third kappa shape index (κ3) is 5.17. The second-order valence-electron chi connectivity index (χ2n) is 9.64. The molecule has 0 spiro atoms. The molecule has 0 radical (unpaired) electrons. The zero-order valence-corrected chi connectivity index (χ0v) is 20.5. The summed E-state index contributed by atoms with van der Waals surface area (Å²) in [7, 11) is 1.75. The number of aromatic nitrogens is 4. The summed E-state index contributed by atoms with van der Waals surface area (Å²) in [4.78, 5) is 19.4. The molecule has 1 aliphatic rings. The highest BCUT2D eigenvalue weighted by atomic mass is 19.1. The molecule has 36 heavy (non-hydrogen) atoms. The molecular formula is C27H30FN5O3. The van der Waals surface area contributed by atoms with E-state index in [9.17, 15) is 14.3 Å². The van der Waals surface area contributed by atoms with Crippen LogP contribution in [0, 0.1) is 5.82 Å². The van der Waals surface area contributed by atoms with Crippen LogP contribution >= 0.6 is 0 Å². The molecule has 3 heterocycles. The van der Waals surface area contributed by atoms with E-state index in [1.165, 1.54) is 34.8 Å². The van der Waals surface area contributed by atoms with Gasteiger partial charge in [-0.05, 0) is 55.2 Å². The molecule has 1 fully saturated rings. The number of nitrogens with zero attached hydrogens (tertiary/aromatic N) is 5. The Hall–Kier alpha value is -3.56. The summed E-state index contributed by atoms with van der Waals surface area (Å²) in [6.45, 7) is 4.45. The Morgan fingerprint density at radius 3 is 2.50 bits per heavy atom. The van der Waals surface area contributed by atoms with Gasteiger partial charge in [0.2, 0.25) is 0 Å². The SMILES string of the molecule is CC(Oc1ccc(F)cc1)c1ccc(CN2CCC(O)(Cn3cnc4c(cnn4C)c3=O)CC2)cc1. The van der Waals surface area contributed by atoms with Gasteiger partial charge in [0.05, 0.1) is 18.3 Å². The Kier molecular flexibility index (Phi) is 6.59. The van der Waals surface area contributed by atoms with E-state index in [0.717, 1.165) is 25.2 Å². The summed E-state index contributed by atoms with van der Waals surface area (Å²) < 4.78 is 22.1. The number of hydrogen-bond acceptors (Lipinski definition) is 6. The van der Waals surface area contributed by atoms with E-state index in [-0.39, 0.29) is 24.0 Å². The van der Waals surface area contributed by atoms with E-state index >= 15 is 0 Å². The maximum absolute atomic E-state index is 13.1. The minimum absolute atomic E-state index is 0.154. The number of halogens is 1. The molecule has 2 aromatic carbocycles. The molecule has 5 rings (SSSR count).